The summed E-state index contributed by atoms with van der Waals surface area (Å²) in [6.07, 6.45) is 4.13. The highest BCUT2D eigenvalue weighted by Gasteiger charge is 2.29. The maximum atomic E-state index is 5.77. The van der Waals surface area contributed by atoms with Crippen molar-refractivity contribution >= 4 is 0 Å². The van der Waals surface area contributed by atoms with E-state index in [-0.39, 0.29) is 0 Å². The number of hydrogen-bond donors (Lipinski definition) is 1. The van der Waals surface area contributed by atoms with E-state index in [1.54, 1.807) is 7.11 Å². The molecule has 0 spiro atoms. The summed E-state index contributed by atoms with van der Waals surface area (Å²) in [6, 6.07) is 8.57. The molecule has 1 aliphatic carbocycles. The van der Waals surface area contributed by atoms with Gasteiger partial charge in [-0.1, -0.05) is 13.8 Å². The van der Waals surface area contributed by atoms with Gasteiger partial charge in [0.1, 0.15) is 24.7 Å². The van der Waals surface area contributed by atoms with Crippen LogP contribution >= 0.6 is 0 Å². The molecule has 0 amide bonds. The fourth-order valence-corrected chi connectivity index (χ4v) is 3.09. The third-order valence-corrected chi connectivity index (χ3v) is 4.69. The van der Waals surface area contributed by atoms with Crippen molar-refractivity contribution in [3.05, 3.63) is 24.3 Å². The van der Waals surface area contributed by atoms with Crippen LogP contribution in [0.2, 0.25) is 0 Å². The second kappa shape index (κ2) is 7.53. The molecule has 0 unspecified atom stereocenters. The van der Waals surface area contributed by atoms with Crippen molar-refractivity contribution in [1.29, 1.82) is 0 Å². The van der Waals surface area contributed by atoms with Crippen LogP contribution < -0.4 is 14.8 Å². The van der Waals surface area contributed by atoms with E-state index < -0.39 is 0 Å². The number of benzene rings is 1. The van der Waals surface area contributed by atoms with Crippen LogP contribution in [0.15, 0.2) is 24.3 Å². The van der Waals surface area contributed by atoms with E-state index >= 15 is 0 Å². The molecule has 0 heterocycles. The zero-order valence-electron chi connectivity index (χ0n) is 13.0. The summed E-state index contributed by atoms with van der Waals surface area (Å²) in [5.74, 6) is 3.48. The van der Waals surface area contributed by atoms with E-state index in [0.717, 1.165) is 42.5 Å². The minimum Gasteiger partial charge on any atom is -0.497 e. The van der Waals surface area contributed by atoms with Crippen molar-refractivity contribution < 1.29 is 14.8 Å². The molecule has 3 atom stereocenters. The lowest BCUT2D eigenvalue weighted by Gasteiger charge is -2.32. The molecule has 1 fully saturated rings. The Morgan fingerprint density at radius 2 is 1.80 bits per heavy atom. The first kappa shape index (κ1) is 15.2. The summed E-state index contributed by atoms with van der Waals surface area (Å²) >= 11 is 0. The van der Waals surface area contributed by atoms with E-state index in [2.05, 4.69) is 19.2 Å². The minimum absolute atomic E-state index is 0.768. The molecule has 3 heteroatoms. The van der Waals surface area contributed by atoms with E-state index in [1.165, 1.54) is 19.3 Å². The average molecular weight is 278 g/mol. The highest BCUT2D eigenvalue weighted by atomic mass is 16.5. The van der Waals surface area contributed by atoms with Crippen LogP contribution in [0, 0.1) is 11.8 Å². The summed E-state index contributed by atoms with van der Waals surface area (Å²) in [4.78, 5) is 0. The zero-order valence-corrected chi connectivity index (χ0v) is 13.0. The molecule has 1 saturated carbocycles. The standard InChI is InChI=1S/C17H27NO2/c1-13-5-4-6-17(14(13)2)18-11-12-20-16-9-7-15(19-3)8-10-16/h7-10,13-14,17-18H,4-6,11-12H2,1-3H3/p+1/t13-,14+,17-/m1/s1. The smallest absolute Gasteiger partial charge is 0.137 e. The van der Waals surface area contributed by atoms with Gasteiger partial charge in [0.05, 0.1) is 13.2 Å². The molecule has 0 aromatic heterocycles. The first-order valence-corrected chi connectivity index (χ1v) is 7.81. The SMILES string of the molecule is COc1ccc(OCC[NH2+][C@@H]2CCC[C@@H](C)[C@@H]2C)cc1. The maximum Gasteiger partial charge on any atom is 0.137 e. The first-order valence-electron chi connectivity index (χ1n) is 7.81. The highest BCUT2D eigenvalue weighted by Crippen LogP contribution is 2.27. The molecule has 1 aromatic carbocycles. The molecule has 0 bridgehead atoms. The normalized spacial score (nSPS) is 26.2. The van der Waals surface area contributed by atoms with Gasteiger partial charge in [-0.2, -0.15) is 0 Å². The summed E-state index contributed by atoms with van der Waals surface area (Å²) in [5, 5.41) is 2.48. The first-order chi connectivity index (χ1) is 9.70. The molecule has 2 N–H and O–H groups in total. The Morgan fingerprint density at radius 1 is 1.10 bits per heavy atom. The molecule has 112 valence electrons. The summed E-state index contributed by atoms with van der Waals surface area (Å²) in [5.41, 5.74) is 0. The molecule has 3 nitrogen and oxygen atoms in total. The fraction of sp³-hybridized carbons (Fsp3) is 0.647. The Hall–Kier alpha value is -1.22. The Balaban J connectivity index is 1.68. The van der Waals surface area contributed by atoms with Gasteiger partial charge >= 0.3 is 0 Å². The van der Waals surface area contributed by atoms with Gasteiger partial charge in [0.2, 0.25) is 0 Å². The van der Waals surface area contributed by atoms with Crippen molar-refractivity contribution in [2.45, 2.75) is 39.2 Å². The summed E-state index contributed by atoms with van der Waals surface area (Å²) in [7, 11) is 1.68. The van der Waals surface area contributed by atoms with Crippen molar-refractivity contribution in [2.75, 3.05) is 20.3 Å². The van der Waals surface area contributed by atoms with E-state index in [0.29, 0.717) is 0 Å². The van der Waals surface area contributed by atoms with Crippen LogP contribution in [0.25, 0.3) is 0 Å². The molecule has 1 aromatic rings. The fourth-order valence-electron chi connectivity index (χ4n) is 3.09. The van der Waals surface area contributed by atoms with Crippen LogP contribution in [0.4, 0.5) is 0 Å². The Morgan fingerprint density at radius 3 is 2.50 bits per heavy atom. The van der Waals surface area contributed by atoms with Gasteiger partial charge in [-0.25, -0.2) is 0 Å². The van der Waals surface area contributed by atoms with Crippen molar-refractivity contribution in [1.82, 2.24) is 0 Å². The Bertz CT molecular complexity index is 390. The predicted octanol–water partition coefficient (Wildman–Crippen LogP) is 2.46. The minimum atomic E-state index is 0.768. The van der Waals surface area contributed by atoms with Crippen LogP contribution in [0.5, 0.6) is 11.5 Å². The van der Waals surface area contributed by atoms with E-state index in [1.807, 2.05) is 24.3 Å². The number of quaternary nitrogens is 1. The van der Waals surface area contributed by atoms with Crippen LogP contribution in [0.3, 0.4) is 0 Å². The van der Waals surface area contributed by atoms with Gasteiger partial charge < -0.3 is 14.8 Å². The van der Waals surface area contributed by atoms with E-state index in [4.69, 9.17) is 9.47 Å². The van der Waals surface area contributed by atoms with Crippen molar-refractivity contribution in [3.63, 3.8) is 0 Å². The lowest BCUT2D eigenvalue weighted by atomic mass is 9.78. The molecule has 0 radical (unpaired) electrons. The third-order valence-electron chi connectivity index (χ3n) is 4.69. The number of nitrogens with two attached hydrogens (primary N) is 1. The molecule has 20 heavy (non-hydrogen) atoms. The van der Waals surface area contributed by atoms with Gasteiger partial charge in [-0.3, -0.25) is 0 Å². The second-order valence-corrected chi connectivity index (χ2v) is 5.98. The lowest BCUT2D eigenvalue weighted by molar-refractivity contribution is -0.699. The Kier molecular flexibility index (Phi) is 5.72. The predicted molar refractivity (Wildman–Crippen MR) is 81.2 cm³/mol. The van der Waals surface area contributed by atoms with Crippen molar-refractivity contribution in [2.24, 2.45) is 11.8 Å². The van der Waals surface area contributed by atoms with Gasteiger partial charge in [-0.05, 0) is 49.4 Å². The Labute approximate surface area is 122 Å². The number of rotatable bonds is 6. The average Bonchev–Trinajstić information content (AvgIpc) is 2.48. The largest absolute Gasteiger partial charge is 0.497 e. The second-order valence-electron chi connectivity index (χ2n) is 5.98. The molecule has 0 saturated heterocycles. The van der Waals surface area contributed by atoms with Crippen LogP contribution in [0.1, 0.15) is 33.1 Å². The number of hydrogen-bond acceptors (Lipinski definition) is 2. The molecular formula is C17H28NO2+. The third kappa shape index (κ3) is 4.14. The topological polar surface area (TPSA) is 35.1 Å². The molecule has 1 aliphatic rings. The van der Waals surface area contributed by atoms with Gasteiger partial charge in [-0.15, -0.1) is 0 Å². The van der Waals surface area contributed by atoms with Crippen LogP contribution in [-0.2, 0) is 0 Å². The number of methoxy groups -OCH3 is 1. The van der Waals surface area contributed by atoms with Crippen LogP contribution in [-0.4, -0.2) is 26.3 Å². The molecule has 2 rings (SSSR count). The zero-order chi connectivity index (χ0) is 14.4. The lowest BCUT2D eigenvalue weighted by Crippen LogP contribution is -2.92. The van der Waals surface area contributed by atoms with Gasteiger partial charge in [0.15, 0.2) is 0 Å². The maximum absolute atomic E-state index is 5.77. The summed E-state index contributed by atoms with van der Waals surface area (Å²) < 4.78 is 10.9. The monoisotopic (exact) mass is 278 g/mol. The van der Waals surface area contributed by atoms with E-state index in [9.17, 15) is 0 Å². The van der Waals surface area contributed by atoms with Crippen molar-refractivity contribution in [3.8, 4) is 11.5 Å². The summed E-state index contributed by atoms with van der Waals surface area (Å²) in [6.45, 7) is 6.59. The molecule has 0 aliphatic heterocycles. The molecular weight excluding hydrogens is 250 g/mol. The van der Waals surface area contributed by atoms with Gasteiger partial charge in [0.25, 0.3) is 0 Å². The number of ether oxygens (including phenoxy) is 2. The quantitative estimate of drug-likeness (QED) is 0.811. The highest BCUT2D eigenvalue weighted by molar-refractivity contribution is 5.31. The van der Waals surface area contributed by atoms with Gasteiger partial charge in [0, 0.05) is 5.92 Å².